The molecule has 0 spiro atoms. The van der Waals surface area contributed by atoms with Crippen molar-refractivity contribution in [3.8, 4) is 0 Å². The van der Waals surface area contributed by atoms with Crippen LogP contribution in [0, 0.1) is 0 Å². The second-order valence-corrected chi connectivity index (χ2v) is 3.63. The first-order valence-corrected chi connectivity index (χ1v) is 4.72. The molecular weight excluding hydrogens is 248 g/mol. The summed E-state index contributed by atoms with van der Waals surface area (Å²) in [4.78, 5) is 18.3. The van der Waals surface area contributed by atoms with E-state index in [4.69, 9.17) is 0 Å². The number of methoxy groups -OCH3 is 1. The molecular formula is C9H7BrN2O2. The number of carbonyl (C=O) groups is 1. The zero-order valence-electron chi connectivity index (χ0n) is 7.37. The van der Waals surface area contributed by atoms with E-state index in [9.17, 15) is 4.79 Å². The molecule has 14 heavy (non-hydrogen) atoms. The number of esters is 1. The van der Waals surface area contributed by atoms with E-state index >= 15 is 0 Å². The molecule has 2 aromatic heterocycles. The largest absolute Gasteiger partial charge is 0.465 e. The van der Waals surface area contributed by atoms with Crippen molar-refractivity contribution in [1.29, 1.82) is 0 Å². The van der Waals surface area contributed by atoms with Gasteiger partial charge in [0.2, 0.25) is 0 Å². The fourth-order valence-corrected chi connectivity index (χ4v) is 1.65. The van der Waals surface area contributed by atoms with Gasteiger partial charge in [0.05, 0.1) is 17.3 Å². The first-order chi connectivity index (χ1) is 6.70. The smallest absolute Gasteiger partial charge is 0.339 e. The number of ether oxygens (including phenoxy) is 1. The maximum absolute atomic E-state index is 11.2. The highest BCUT2D eigenvalue weighted by Gasteiger charge is 2.07. The van der Waals surface area contributed by atoms with Crippen molar-refractivity contribution in [2.45, 2.75) is 0 Å². The third-order valence-corrected chi connectivity index (χ3v) is 2.29. The number of halogens is 1. The maximum Gasteiger partial charge on any atom is 0.339 e. The lowest BCUT2D eigenvalue weighted by Crippen LogP contribution is -2.01. The molecule has 0 atom stereocenters. The zero-order chi connectivity index (χ0) is 10.1. The molecule has 0 bridgehead atoms. The first-order valence-electron chi connectivity index (χ1n) is 3.93. The van der Waals surface area contributed by atoms with Crippen LogP contribution in [-0.4, -0.2) is 23.0 Å². The Morgan fingerprint density at radius 2 is 2.36 bits per heavy atom. The van der Waals surface area contributed by atoms with Crippen LogP contribution in [0.5, 0.6) is 0 Å². The van der Waals surface area contributed by atoms with Gasteiger partial charge in [0.15, 0.2) is 0 Å². The summed E-state index contributed by atoms with van der Waals surface area (Å²) < 4.78 is 5.43. The van der Waals surface area contributed by atoms with Gasteiger partial charge in [-0.3, -0.25) is 0 Å². The molecule has 0 saturated carbocycles. The van der Waals surface area contributed by atoms with Gasteiger partial charge in [0.25, 0.3) is 0 Å². The number of aromatic nitrogens is 2. The van der Waals surface area contributed by atoms with Gasteiger partial charge in [0, 0.05) is 11.6 Å². The Morgan fingerprint density at radius 3 is 3.07 bits per heavy atom. The SMILES string of the molecule is COC(=O)c1cnc2[nH]c(Br)cc2c1. The van der Waals surface area contributed by atoms with Gasteiger partial charge in [0.1, 0.15) is 5.65 Å². The molecule has 0 aliphatic carbocycles. The van der Waals surface area contributed by atoms with E-state index in [1.54, 1.807) is 6.07 Å². The van der Waals surface area contributed by atoms with Crippen molar-refractivity contribution >= 4 is 32.9 Å². The van der Waals surface area contributed by atoms with E-state index < -0.39 is 0 Å². The minimum absolute atomic E-state index is 0.378. The number of carbonyl (C=O) groups excluding carboxylic acids is 1. The Kier molecular flexibility index (Phi) is 2.25. The fourth-order valence-electron chi connectivity index (χ4n) is 1.21. The third kappa shape index (κ3) is 1.50. The Morgan fingerprint density at radius 1 is 1.57 bits per heavy atom. The van der Waals surface area contributed by atoms with Crippen LogP contribution in [0.1, 0.15) is 10.4 Å². The number of hydrogen-bond acceptors (Lipinski definition) is 3. The monoisotopic (exact) mass is 254 g/mol. The zero-order valence-corrected chi connectivity index (χ0v) is 8.96. The van der Waals surface area contributed by atoms with Gasteiger partial charge < -0.3 is 9.72 Å². The third-order valence-electron chi connectivity index (χ3n) is 1.86. The second kappa shape index (κ2) is 3.42. The van der Waals surface area contributed by atoms with Crippen LogP contribution in [0.3, 0.4) is 0 Å². The molecule has 0 aromatic carbocycles. The molecule has 0 aliphatic rings. The number of aromatic amines is 1. The average molecular weight is 255 g/mol. The summed E-state index contributed by atoms with van der Waals surface area (Å²) in [5.41, 5.74) is 1.19. The number of pyridine rings is 1. The predicted molar refractivity (Wildman–Crippen MR) is 55.1 cm³/mol. The van der Waals surface area contributed by atoms with Crippen LogP contribution in [0.25, 0.3) is 11.0 Å². The topological polar surface area (TPSA) is 55.0 Å². The standard InChI is InChI=1S/C9H7BrN2O2/c1-14-9(13)6-2-5-3-7(10)12-8(5)11-4-6/h2-4H,1H3,(H,11,12). The molecule has 0 fully saturated rings. The maximum atomic E-state index is 11.2. The lowest BCUT2D eigenvalue weighted by molar-refractivity contribution is 0.0600. The van der Waals surface area contributed by atoms with E-state index in [2.05, 4.69) is 30.6 Å². The summed E-state index contributed by atoms with van der Waals surface area (Å²) >= 11 is 3.29. The molecule has 0 aliphatic heterocycles. The Labute approximate surface area is 88.4 Å². The number of rotatable bonds is 1. The molecule has 72 valence electrons. The van der Waals surface area contributed by atoms with Crippen molar-refractivity contribution in [3.05, 3.63) is 28.5 Å². The molecule has 2 rings (SSSR count). The normalized spacial score (nSPS) is 10.4. The summed E-state index contributed by atoms with van der Waals surface area (Å²) in [6, 6.07) is 3.59. The van der Waals surface area contributed by atoms with Gasteiger partial charge in [-0.1, -0.05) is 0 Å². The van der Waals surface area contributed by atoms with Crippen LogP contribution in [0.15, 0.2) is 22.9 Å². The molecule has 0 amide bonds. The number of hydrogen-bond donors (Lipinski definition) is 1. The quantitative estimate of drug-likeness (QED) is 0.794. The van der Waals surface area contributed by atoms with E-state index in [-0.39, 0.29) is 5.97 Å². The second-order valence-electron chi connectivity index (χ2n) is 2.77. The highest BCUT2D eigenvalue weighted by Crippen LogP contribution is 2.18. The van der Waals surface area contributed by atoms with Gasteiger partial charge in [-0.25, -0.2) is 9.78 Å². The number of fused-ring (bicyclic) bond motifs is 1. The van der Waals surface area contributed by atoms with Crippen molar-refractivity contribution in [3.63, 3.8) is 0 Å². The number of H-pyrrole nitrogens is 1. The first kappa shape index (κ1) is 9.21. The molecule has 2 heterocycles. The molecule has 0 unspecified atom stereocenters. The van der Waals surface area contributed by atoms with Crippen molar-refractivity contribution in [2.24, 2.45) is 0 Å². The van der Waals surface area contributed by atoms with Crippen molar-refractivity contribution in [2.75, 3.05) is 7.11 Å². The highest BCUT2D eigenvalue weighted by molar-refractivity contribution is 9.10. The summed E-state index contributed by atoms with van der Waals surface area (Å²) in [5.74, 6) is -0.378. The molecule has 4 nitrogen and oxygen atoms in total. The van der Waals surface area contributed by atoms with E-state index in [1.165, 1.54) is 13.3 Å². The van der Waals surface area contributed by atoms with Gasteiger partial charge in [-0.2, -0.15) is 0 Å². The molecule has 5 heteroatoms. The lowest BCUT2D eigenvalue weighted by Gasteiger charge is -1.97. The Bertz CT molecular complexity index is 493. The molecule has 0 saturated heterocycles. The van der Waals surface area contributed by atoms with Crippen LogP contribution >= 0.6 is 15.9 Å². The lowest BCUT2D eigenvalue weighted by atomic mass is 10.2. The van der Waals surface area contributed by atoms with Gasteiger partial charge in [-0.15, -0.1) is 0 Å². The fraction of sp³-hybridized carbons (Fsp3) is 0.111. The Hall–Kier alpha value is -1.36. The molecule has 2 aromatic rings. The Balaban J connectivity index is 2.55. The van der Waals surface area contributed by atoms with Gasteiger partial charge in [-0.05, 0) is 28.1 Å². The summed E-state index contributed by atoms with van der Waals surface area (Å²) in [6.07, 6.45) is 1.48. The predicted octanol–water partition coefficient (Wildman–Crippen LogP) is 2.11. The van der Waals surface area contributed by atoms with Crippen LogP contribution < -0.4 is 0 Å². The summed E-state index contributed by atoms with van der Waals surface area (Å²) in [5, 5.41) is 0.875. The summed E-state index contributed by atoms with van der Waals surface area (Å²) in [7, 11) is 1.35. The highest BCUT2D eigenvalue weighted by atomic mass is 79.9. The minimum Gasteiger partial charge on any atom is -0.465 e. The van der Waals surface area contributed by atoms with Gasteiger partial charge >= 0.3 is 5.97 Å². The van der Waals surface area contributed by atoms with Crippen LogP contribution in [0.2, 0.25) is 0 Å². The van der Waals surface area contributed by atoms with E-state index in [1.807, 2.05) is 6.07 Å². The number of nitrogens with one attached hydrogen (secondary N) is 1. The van der Waals surface area contributed by atoms with Crippen LogP contribution in [0.4, 0.5) is 0 Å². The molecule has 0 radical (unpaired) electrons. The van der Waals surface area contributed by atoms with Crippen molar-refractivity contribution in [1.82, 2.24) is 9.97 Å². The van der Waals surface area contributed by atoms with E-state index in [0.717, 1.165) is 15.6 Å². The van der Waals surface area contributed by atoms with E-state index in [0.29, 0.717) is 5.56 Å². The molecule has 1 N–H and O–H groups in total. The number of nitrogens with zero attached hydrogens (tertiary/aromatic N) is 1. The minimum atomic E-state index is -0.378. The summed E-state index contributed by atoms with van der Waals surface area (Å²) in [6.45, 7) is 0. The van der Waals surface area contributed by atoms with Crippen LogP contribution in [-0.2, 0) is 4.74 Å². The average Bonchev–Trinajstić information content (AvgIpc) is 2.55. The van der Waals surface area contributed by atoms with Crippen molar-refractivity contribution < 1.29 is 9.53 Å².